The van der Waals surface area contributed by atoms with E-state index in [4.69, 9.17) is 5.11 Å². The molecule has 10 heavy (non-hydrogen) atoms. The predicted octanol–water partition coefficient (Wildman–Crippen LogP) is 0.273. The van der Waals surface area contributed by atoms with Crippen molar-refractivity contribution in [2.45, 2.75) is 18.9 Å². The first-order valence-corrected chi connectivity index (χ1v) is 3.49. The van der Waals surface area contributed by atoms with Gasteiger partial charge in [0.15, 0.2) is 0 Å². The summed E-state index contributed by atoms with van der Waals surface area (Å²) in [4.78, 5) is 10.4. The molecule has 0 aromatic rings. The summed E-state index contributed by atoms with van der Waals surface area (Å²) >= 11 is 0. The number of aliphatic carboxylic acids is 1. The Hall–Kier alpha value is -0.570. The minimum atomic E-state index is -0.756. The van der Waals surface area contributed by atoms with Crippen LogP contribution in [0.5, 0.6) is 0 Å². The molecule has 0 amide bonds. The Kier molecular flexibility index (Phi) is 2.27. The van der Waals surface area contributed by atoms with Crippen molar-refractivity contribution < 1.29 is 9.90 Å². The summed E-state index contributed by atoms with van der Waals surface area (Å²) in [7, 11) is 0. The Bertz CT molecular complexity index is 136. The molecule has 1 heterocycles. The lowest BCUT2D eigenvalue weighted by atomic mass is 9.94. The second-order valence-electron chi connectivity index (χ2n) is 2.74. The van der Waals surface area contributed by atoms with Crippen LogP contribution in [0.2, 0.25) is 0 Å². The quantitative estimate of drug-likeness (QED) is 0.552. The molecule has 1 radical (unpaired) electrons. The fourth-order valence-electron chi connectivity index (χ4n) is 1.18. The van der Waals surface area contributed by atoms with Crippen molar-refractivity contribution in [1.82, 2.24) is 5.32 Å². The molecule has 2 N–H and O–H groups in total. The molecule has 0 spiro atoms. The van der Waals surface area contributed by atoms with E-state index >= 15 is 0 Å². The largest absolute Gasteiger partial charge is 0.480 e. The van der Waals surface area contributed by atoms with Crippen molar-refractivity contribution in [2.24, 2.45) is 5.92 Å². The molecule has 1 saturated heterocycles. The van der Waals surface area contributed by atoms with Gasteiger partial charge in [0.2, 0.25) is 0 Å². The van der Waals surface area contributed by atoms with Crippen molar-refractivity contribution in [3.05, 3.63) is 6.92 Å². The summed E-state index contributed by atoms with van der Waals surface area (Å²) < 4.78 is 0. The average Bonchev–Trinajstić information content (AvgIpc) is 1.88. The molecular weight excluding hydrogens is 130 g/mol. The predicted molar refractivity (Wildman–Crippen MR) is 37.5 cm³/mol. The summed E-state index contributed by atoms with van der Waals surface area (Å²) in [6.07, 6.45) is 1.65. The first-order valence-electron chi connectivity index (χ1n) is 3.49. The average molecular weight is 142 g/mol. The van der Waals surface area contributed by atoms with E-state index in [2.05, 4.69) is 12.2 Å². The fourth-order valence-corrected chi connectivity index (χ4v) is 1.18. The van der Waals surface area contributed by atoms with Crippen LogP contribution >= 0.6 is 0 Å². The number of carboxylic acids is 1. The molecule has 0 saturated carbocycles. The zero-order valence-corrected chi connectivity index (χ0v) is 5.84. The summed E-state index contributed by atoms with van der Waals surface area (Å²) in [5.41, 5.74) is 0. The number of hydrogen-bond acceptors (Lipinski definition) is 2. The molecule has 0 unspecified atom stereocenters. The Morgan fingerprint density at radius 1 is 1.70 bits per heavy atom. The molecule has 3 heteroatoms. The molecule has 0 aliphatic carbocycles. The van der Waals surface area contributed by atoms with E-state index in [1.807, 2.05) is 0 Å². The number of piperidine rings is 1. The van der Waals surface area contributed by atoms with Gasteiger partial charge in [-0.2, -0.15) is 0 Å². The van der Waals surface area contributed by atoms with Crippen molar-refractivity contribution in [3.8, 4) is 0 Å². The third kappa shape index (κ3) is 1.70. The second-order valence-corrected chi connectivity index (χ2v) is 2.74. The summed E-state index contributed by atoms with van der Waals surface area (Å²) in [6.45, 7) is 4.61. The topological polar surface area (TPSA) is 49.3 Å². The summed E-state index contributed by atoms with van der Waals surface area (Å²) in [6, 6.07) is -0.365. The lowest BCUT2D eigenvalue weighted by molar-refractivity contribution is -0.140. The molecule has 3 nitrogen and oxygen atoms in total. The zero-order chi connectivity index (χ0) is 7.56. The molecule has 0 aromatic carbocycles. The highest BCUT2D eigenvalue weighted by Gasteiger charge is 2.23. The van der Waals surface area contributed by atoms with Gasteiger partial charge in [-0.25, -0.2) is 0 Å². The molecule has 0 aromatic heterocycles. The monoisotopic (exact) mass is 142 g/mol. The zero-order valence-electron chi connectivity index (χ0n) is 5.84. The molecule has 1 fully saturated rings. The Labute approximate surface area is 60.4 Å². The molecule has 2 atom stereocenters. The number of carbonyl (C=O) groups is 1. The van der Waals surface area contributed by atoms with Crippen LogP contribution in [0, 0.1) is 12.8 Å². The highest BCUT2D eigenvalue weighted by Crippen LogP contribution is 2.14. The first kappa shape index (κ1) is 7.54. The van der Waals surface area contributed by atoms with Crippen LogP contribution < -0.4 is 5.32 Å². The molecular formula is C7H12NO2. The van der Waals surface area contributed by atoms with E-state index in [0.29, 0.717) is 12.3 Å². The van der Waals surface area contributed by atoms with E-state index in [0.717, 1.165) is 13.0 Å². The molecule has 1 aliphatic rings. The van der Waals surface area contributed by atoms with Crippen molar-refractivity contribution >= 4 is 5.97 Å². The maximum Gasteiger partial charge on any atom is 0.320 e. The van der Waals surface area contributed by atoms with E-state index in [1.165, 1.54) is 0 Å². The third-order valence-corrected chi connectivity index (χ3v) is 1.81. The van der Waals surface area contributed by atoms with Crippen LogP contribution in [0.3, 0.4) is 0 Å². The van der Waals surface area contributed by atoms with Gasteiger partial charge < -0.3 is 10.4 Å². The van der Waals surface area contributed by atoms with Crippen LogP contribution in [0.15, 0.2) is 0 Å². The van der Waals surface area contributed by atoms with Gasteiger partial charge >= 0.3 is 5.97 Å². The van der Waals surface area contributed by atoms with Crippen molar-refractivity contribution in [1.29, 1.82) is 0 Å². The second kappa shape index (κ2) is 3.01. The SMILES string of the molecule is [CH2][C@@H]1CCN[C@H](C(=O)O)C1. The standard InChI is InChI=1S/C7H12NO2/c1-5-2-3-8-6(4-5)7(9)10/h5-6,8H,1-4H2,(H,9,10)/t5-,6+/m1/s1. The van der Waals surface area contributed by atoms with E-state index in [-0.39, 0.29) is 6.04 Å². The van der Waals surface area contributed by atoms with Gasteiger partial charge in [0.25, 0.3) is 0 Å². The van der Waals surface area contributed by atoms with Gasteiger partial charge in [0.1, 0.15) is 6.04 Å². The van der Waals surface area contributed by atoms with Crippen molar-refractivity contribution in [2.75, 3.05) is 6.54 Å². The van der Waals surface area contributed by atoms with E-state index in [9.17, 15) is 4.79 Å². The van der Waals surface area contributed by atoms with Crippen molar-refractivity contribution in [3.63, 3.8) is 0 Å². The number of rotatable bonds is 1. The van der Waals surface area contributed by atoms with Gasteiger partial charge in [-0.05, 0) is 25.3 Å². The maximum absolute atomic E-state index is 10.4. The molecule has 1 aliphatic heterocycles. The van der Waals surface area contributed by atoms with Gasteiger partial charge in [-0.15, -0.1) is 0 Å². The highest BCUT2D eigenvalue weighted by atomic mass is 16.4. The lowest BCUT2D eigenvalue weighted by Crippen LogP contribution is -2.42. The van der Waals surface area contributed by atoms with E-state index in [1.54, 1.807) is 0 Å². The van der Waals surface area contributed by atoms with Crippen LogP contribution in [-0.4, -0.2) is 23.7 Å². The van der Waals surface area contributed by atoms with Gasteiger partial charge in [0, 0.05) is 0 Å². The van der Waals surface area contributed by atoms with E-state index < -0.39 is 5.97 Å². The maximum atomic E-state index is 10.4. The lowest BCUT2D eigenvalue weighted by Gasteiger charge is -2.24. The highest BCUT2D eigenvalue weighted by molar-refractivity contribution is 5.73. The van der Waals surface area contributed by atoms with Crippen LogP contribution in [-0.2, 0) is 4.79 Å². The minimum Gasteiger partial charge on any atom is -0.480 e. The normalized spacial score (nSPS) is 33.7. The number of carboxylic acid groups (broad SMARTS) is 1. The number of hydrogen-bond donors (Lipinski definition) is 2. The first-order chi connectivity index (χ1) is 4.70. The Morgan fingerprint density at radius 3 is 2.80 bits per heavy atom. The Balaban J connectivity index is 2.39. The smallest absolute Gasteiger partial charge is 0.320 e. The van der Waals surface area contributed by atoms with Gasteiger partial charge in [-0.1, -0.05) is 6.92 Å². The molecule has 1 rings (SSSR count). The van der Waals surface area contributed by atoms with Gasteiger partial charge in [0.05, 0.1) is 0 Å². The molecule has 57 valence electrons. The summed E-state index contributed by atoms with van der Waals surface area (Å²) in [5.74, 6) is -0.448. The van der Waals surface area contributed by atoms with Crippen LogP contribution in [0.4, 0.5) is 0 Å². The van der Waals surface area contributed by atoms with Gasteiger partial charge in [-0.3, -0.25) is 4.79 Å². The van der Waals surface area contributed by atoms with Crippen LogP contribution in [0.1, 0.15) is 12.8 Å². The minimum absolute atomic E-state index is 0.308. The molecule has 0 bridgehead atoms. The summed E-state index contributed by atoms with van der Waals surface area (Å²) in [5, 5.41) is 11.5. The number of nitrogens with one attached hydrogen (secondary N) is 1. The fraction of sp³-hybridized carbons (Fsp3) is 0.714. The van der Waals surface area contributed by atoms with Crippen LogP contribution in [0.25, 0.3) is 0 Å². The Morgan fingerprint density at radius 2 is 2.40 bits per heavy atom. The third-order valence-electron chi connectivity index (χ3n) is 1.81.